The van der Waals surface area contributed by atoms with Crippen molar-refractivity contribution in [3.05, 3.63) is 52.8 Å². The van der Waals surface area contributed by atoms with Crippen molar-refractivity contribution in [3.8, 4) is 11.5 Å². The number of carbonyl (C=O) groups is 2. The number of urea groups is 1. The van der Waals surface area contributed by atoms with Crippen molar-refractivity contribution in [2.24, 2.45) is 5.73 Å². The Balaban J connectivity index is 1.48. The van der Waals surface area contributed by atoms with Gasteiger partial charge in [0.2, 0.25) is 5.91 Å². The fourth-order valence-electron chi connectivity index (χ4n) is 5.31. The predicted molar refractivity (Wildman–Crippen MR) is 117 cm³/mol. The van der Waals surface area contributed by atoms with Gasteiger partial charge in [-0.05, 0) is 61.2 Å². The first kappa shape index (κ1) is 20.6. The molecule has 0 aromatic heterocycles. The Morgan fingerprint density at radius 3 is 2.47 bits per heavy atom. The first-order valence-electron chi connectivity index (χ1n) is 11.0. The molecule has 5 rings (SSSR count). The minimum atomic E-state index is -0.722. The van der Waals surface area contributed by atoms with E-state index in [4.69, 9.17) is 15.2 Å². The number of benzene rings is 2. The van der Waals surface area contributed by atoms with Crippen LogP contribution in [0.15, 0.2) is 30.3 Å². The molecule has 0 radical (unpaired) electrons. The Morgan fingerprint density at radius 1 is 1.12 bits per heavy atom. The monoisotopic (exact) mass is 439 g/mol. The quantitative estimate of drug-likeness (QED) is 0.736. The van der Waals surface area contributed by atoms with E-state index in [-0.39, 0.29) is 28.7 Å². The molecule has 3 N–H and O–H groups in total. The Hall–Kier alpha value is -3.29. The van der Waals surface area contributed by atoms with E-state index in [0.29, 0.717) is 25.5 Å². The number of hydrogen-bond donors (Lipinski definition) is 2. The summed E-state index contributed by atoms with van der Waals surface area (Å²) >= 11 is 0. The van der Waals surface area contributed by atoms with Gasteiger partial charge in [-0.15, -0.1) is 0 Å². The van der Waals surface area contributed by atoms with Crippen LogP contribution in [-0.4, -0.2) is 36.6 Å². The number of halogens is 1. The summed E-state index contributed by atoms with van der Waals surface area (Å²) in [5, 5.41) is 2.68. The molecule has 0 bridgehead atoms. The lowest BCUT2D eigenvalue weighted by molar-refractivity contribution is 0.1000. The van der Waals surface area contributed by atoms with Gasteiger partial charge in [0.05, 0.1) is 11.7 Å². The van der Waals surface area contributed by atoms with Gasteiger partial charge < -0.3 is 25.4 Å². The van der Waals surface area contributed by atoms with Gasteiger partial charge >= 0.3 is 6.03 Å². The van der Waals surface area contributed by atoms with Crippen LogP contribution in [0.3, 0.4) is 0 Å². The fourth-order valence-corrected chi connectivity index (χ4v) is 5.31. The summed E-state index contributed by atoms with van der Waals surface area (Å²) in [7, 11) is 0. The third-order valence-electron chi connectivity index (χ3n) is 6.99. The topological polar surface area (TPSA) is 93.9 Å². The summed E-state index contributed by atoms with van der Waals surface area (Å²) in [5.74, 6) is 0.0454. The van der Waals surface area contributed by atoms with Gasteiger partial charge in [0.25, 0.3) is 0 Å². The number of primary amides is 1. The summed E-state index contributed by atoms with van der Waals surface area (Å²) < 4.78 is 26.1. The van der Waals surface area contributed by atoms with Crippen molar-refractivity contribution in [3.63, 3.8) is 0 Å². The smallest absolute Gasteiger partial charge is 0.322 e. The second-order valence-electron chi connectivity index (χ2n) is 8.86. The molecular formula is C24H26FN3O4. The van der Waals surface area contributed by atoms with Crippen molar-refractivity contribution in [1.82, 2.24) is 4.90 Å². The molecule has 1 aliphatic carbocycles. The second kappa shape index (κ2) is 7.69. The van der Waals surface area contributed by atoms with Crippen LogP contribution in [-0.2, 0) is 5.41 Å². The van der Waals surface area contributed by atoms with Crippen LogP contribution in [0.25, 0.3) is 0 Å². The molecule has 0 saturated heterocycles. The highest BCUT2D eigenvalue weighted by atomic mass is 19.1. The highest BCUT2D eigenvalue weighted by Crippen LogP contribution is 2.52. The molecule has 1 unspecified atom stereocenters. The molecule has 8 heteroatoms. The number of amides is 3. The van der Waals surface area contributed by atoms with Crippen LogP contribution in [0.5, 0.6) is 11.5 Å². The van der Waals surface area contributed by atoms with Crippen LogP contribution < -0.4 is 20.5 Å². The van der Waals surface area contributed by atoms with Crippen LogP contribution >= 0.6 is 0 Å². The molecule has 1 spiro atoms. The summed E-state index contributed by atoms with van der Waals surface area (Å²) in [6.45, 7) is 3.55. The SMILES string of the molecule is CC1c2cc3c(cc2C2(CCCC2)CN1C(=O)Nc1ccc(C(N)=O)cc1F)OCCO3. The number of nitrogens with two attached hydrogens (primary N) is 1. The van der Waals surface area contributed by atoms with E-state index in [0.717, 1.165) is 43.1 Å². The standard InChI is InChI=1S/C24H26FN3O4/c1-14-16-11-20-21(32-9-8-31-20)12-17(16)24(6-2-3-7-24)13-28(14)23(30)27-19-5-4-15(22(26)29)10-18(19)25/h4-5,10-12,14H,2-3,6-9,13H2,1H3,(H2,26,29)(H,27,30). The van der Waals surface area contributed by atoms with Crippen molar-refractivity contribution in [1.29, 1.82) is 0 Å². The third kappa shape index (κ3) is 3.34. The third-order valence-corrected chi connectivity index (χ3v) is 6.99. The number of rotatable bonds is 2. The van der Waals surface area contributed by atoms with Gasteiger partial charge in [0.15, 0.2) is 11.5 Å². The van der Waals surface area contributed by atoms with Crippen LogP contribution in [0.2, 0.25) is 0 Å². The van der Waals surface area contributed by atoms with E-state index in [9.17, 15) is 14.0 Å². The summed E-state index contributed by atoms with van der Waals surface area (Å²) in [6, 6.07) is 7.30. The molecular weight excluding hydrogens is 413 g/mol. The van der Waals surface area contributed by atoms with Gasteiger partial charge in [0, 0.05) is 17.5 Å². The van der Waals surface area contributed by atoms with E-state index < -0.39 is 11.7 Å². The number of ether oxygens (including phenoxy) is 2. The van der Waals surface area contributed by atoms with E-state index in [2.05, 4.69) is 11.4 Å². The minimum absolute atomic E-state index is 0.0145. The second-order valence-corrected chi connectivity index (χ2v) is 8.86. The summed E-state index contributed by atoms with van der Waals surface area (Å²) in [4.78, 5) is 26.3. The Kier molecular flexibility index (Phi) is 4.95. The summed E-state index contributed by atoms with van der Waals surface area (Å²) in [5.41, 5.74) is 7.40. The van der Waals surface area contributed by atoms with Crippen molar-refractivity contribution in [2.45, 2.75) is 44.1 Å². The molecule has 1 fully saturated rings. The van der Waals surface area contributed by atoms with Crippen LogP contribution in [0.4, 0.5) is 14.9 Å². The Bertz CT molecular complexity index is 1100. The number of fused-ring (bicyclic) bond motifs is 3. The molecule has 7 nitrogen and oxygen atoms in total. The number of carbonyl (C=O) groups excluding carboxylic acids is 2. The first-order chi connectivity index (χ1) is 15.4. The number of anilines is 1. The van der Waals surface area contributed by atoms with Gasteiger partial charge in [-0.3, -0.25) is 4.79 Å². The highest BCUT2D eigenvalue weighted by Gasteiger charge is 2.46. The highest BCUT2D eigenvalue weighted by molar-refractivity contribution is 5.94. The number of hydrogen-bond acceptors (Lipinski definition) is 4. The maximum absolute atomic E-state index is 14.5. The average molecular weight is 439 g/mol. The Labute approximate surface area is 185 Å². The fraction of sp³-hybridized carbons (Fsp3) is 0.417. The number of nitrogens with one attached hydrogen (secondary N) is 1. The molecule has 1 saturated carbocycles. The van der Waals surface area contributed by atoms with E-state index >= 15 is 0 Å². The molecule has 2 aromatic carbocycles. The lowest BCUT2D eigenvalue weighted by Gasteiger charge is -2.46. The van der Waals surface area contributed by atoms with Crippen molar-refractivity contribution >= 4 is 17.6 Å². The zero-order valence-electron chi connectivity index (χ0n) is 17.9. The molecule has 32 heavy (non-hydrogen) atoms. The molecule has 2 heterocycles. The lowest BCUT2D eigenvalue weighted by atomic mass is 9.71. The van der Waals surface area contributed by atoms with Gasteiger partial charge in [-0.1, -0.05) is 12.8 Å². The van der Waals surface area contributed by atoms with Gasteiger partial charge in [-0.2, -0.15) is 0 Å². The minimum Gasteiger partial charge on any atom is -0.486 e. The average Bonchev–Trinajstić information content (AvgIpc) is 3.26. The molecule has 1 atom stereocenters. The largest absolute Gasteiger partial charge is 0.486 e. The first-order valence-corrected chi connectivity index (χ1v) is 11.0. The normalized spacial score (nSPS) is 20.7. The van der Waals surface area contributed by atoms with Crippen molar-refractivity contribution < 1.29 is 23.5 Å². The zero-order valence-corrected chi connectivity index (χ0v) is 17.9. The van der Waals surface area contributed by atoms with Gasteiger partial charge in [0.1, 0.15) is 19.0 Å². The predicted octanol–water partition coefficient (Wildman–Crippen LogP) is 4.12. The molecule has 168 valence electrons. The maximum atomic E-state index is 14.5. The van der Waals surface area contributed by atoms with Crippen LogP contribution in [0, 0.1) is 5.82 Å². The van der Waals surface area contributed by atoms with E-state index in [1.165, 1.54) is 17.7 Å². The molecule has 2 aliphatic heterocycles. The summed E-state index contributed by atoms with van der Waals surface area (Å²) in [6.07, 6.45) is 4.16. The van der Waals surface area contributed by atoms with Crippen LogP contribution in [0.1, 0.15) is 60.1 Å². The molecule has 3 amide bonds. The molecule has 2 aromatic rings. The number of nitrogens with zero attached hydrogens (tertiary/aromatic N) is 1. The lowest BCUT2D eigenvalue weighted by Crippen LogP contribution is -2.50. The maximum Gasteiger partial charge on any atom is 0.322 e. The Morgan fingerprint density at radius 2 is 1.81 bits per heavy atom. The van der Waals surface area contributed by atoms with Gasteiger partial charge in [-0.25, -0.2) is 9.18 Å². The molecule has 3 aliphatic rings. The van der Waals surface area contributed by atoms with E-state index in [1.807, 2.05) is 13.0 Å². The van der Waals surface area contributed by atoms with E-state index in [1.54, 1.807) is 4.90 Å². The zero-order chi connectivity index (χ0) is 22.5. The van der Waals surface area contributed by atoms with Crippen molar-refractivity contribution in [2.75, 3.05) is 25.1 Å².